The molecule has 0 fully saturated rings. The first-order valence-corrected chi connectivity index (χ1v) is 4.61. The van der Waals surface area contributed by atoms with Gasteiger partial charge >= 0.3 is 0 Å². The van der Waals surface area contributed by atoms with Crippen molar-refractivity contribution in [1.82, 2.24) is 9.44 Å². The summed E-state index contributed by atoms with van der Waals surface area (Å²) in [6.45, 7) is 7.83. The SMILES string of the molecule is CC(C)N[S+]([O-])NC(C)C. The molecule has 0 atom stereocenters. The Balaban J connectivity index is 3.34. The van der Waals surface area contributed by atoms with Crippen LogP contribution in [0.4, 0.5) is 0 Å². The van der Waals surface area contributed by atoms with Crippen molar-refractivity contribution in [3.8, 4) is 0 Å². The van der Waals surface area contributed by atoms with Crippen LogP contribution in [-0.4, -0.2) is 16.6 Å². The van der Waals surface area contributed by atoms with E-state index in [-0.39, 0.29) is 12.1 Å². The van der Waals surface area contributed by atoms with Crippen LogP contribution >= 0.6 is 0 Å². The van der Waals surface area contributed by atoms with E-state index >= 15 is 0 Å². The molecule has 0 saturated carbocycles. The van der Waals surface area contributed by atoms with Gasteiger partial charge in [0.2, 0.25) is 0 Å². The van der Waals surface area contributed by atoms with Crippen LogP contribution < -0.4 is 9.44 Å². The third-order valence-corrected chi connectivity index (χ3v) is 2.06. The average molecular weight is 164 g/mol. The van der Waals surface area contributed by atoms with E-state index in [0.717, 1.165) is 0 Å². The molecule has 3 nitrogen and oxygen atoms in total. The van der Waals surface area contributed by atoms with Crippen molar-refractivity contribution >= 4 is 11.5 Å². The third kappa shape index (κ3) is 6.35. The Kier molecular flexibility index (Phi) is 5.07. The van der Waals surface area contributed by atoms with Crippen LogP contribution in [0.3, 0.4) is 0 Å². The van der Waals surface area contributed by atoms with E-state index in [1.54, 1.807) is 0 Å². The number of hydrogen-bond donors (Lipinski definition) is 2. The van der Waals surface area contributed by atoms with Crippen LogP contribution in [0.25, 0.3) is 0 Å². The summed E-state index contributed by atoms with van der Waals surface area (Å²) < 4.78 is 16.6. The zero-order valence-electron chi connectivity index (χ0n) is 6.97. The van der Waals surface area contributed by atoms with Crippen molar-refractivity contribution in [2.75, 3.05) is 0 Å². The minimum absolute atomic E-state index is 0.257. The number of rotatable bonds is 4. The van der Waals surface area contributed by atoms with Gasteiger partial charge in [0.25, 0.3) is 0 Å². The summed E-state index contributed by atoms with van der Waals surface area (Å²) in [7, 11) is 0. The smallest absolute Gasteiger partial charge is 0.135 e. The Labute approximate surface area is 66.0 Å². The lowest BCUT2D eigenvalue weighted by Gasteiger charge is -2.14. The fraction of sp³-hybridized carbons (Fsp3) is 1.00. The first-order chi connectivity index (χ1) is 4.52. The summed E-state index contributed by atoms with van der Waals surface area (Å²) in [6, 6.07) is 0.513. The predicted molar refractivity (Wildman–Crippen MR) is 44.7 cm³/mol. The van der Waals surface area contributed by atoms with Crippen LogP contribution in [0.1, 0.15) is 27.7 Å². The highest BCUT2D eigenvalue weighted by Gasteiger charge is 2.08. The van der Waals surface area contributed by atoms with Gasteiger partial charge in [-0.25, -0.2) is 0 Å². The number of hydrogen-bond acceptors (Lipinski definition) is 3. The third-order valence-electron chi connectivity index (χ3n) is 0.685. The van der Waals surface area contributed by atoms with Gasteiger partial charge in [-0.2, -0.15) is 0 Å². The van der Waals surface area contributed by atoms with E-state index in [9.17, 15) is 4.55 Å². The summed E-state index contributed by atoms with van der Waals surface area (Å²) in [4.78, 5) is 0. The lowest BCUT2D eigenvalue weighted by molar-refractivity contribution is 0.543. The molecule has 0 rings (SSSR count). The van der Waals surface area contributed by atoms with Crippen molar-refractivity contribution in [3.63, 3.8) is 0 Å². The van der Waals surface area contributed by atoms with E-state index in [2.05, 4.69) is 9.44 Å². The highest BCUT2D eigenvalue weighted by molar-refractivity contribution is 7.87. The molecule has 0 aromatic rings. The lowest BCUT2D eigenvalue weighted by Crippen LogP contribution is -2.43. The summed E-state index contributed by atoms with van der Waals surface area (Å²) >= 11 is -1.08. The minimum Gasteiger partial charge on any atom is -0.579 e. The van der Waals surface area contributed by atoms with Gasteiger partial charge in [0.05, 0.1) is 0 Å². The van der Waals surface area contributed by atoms with Gasteiger partial charge in [0, 0.05) is 12.1 Å². The van der Waals surface area contributed by atoms with Crippen LogP contribution in [0.5, 0.6) is 0 Å². The molecule has 0 aromatic heterocycles. The Hall–Kier alpha value is 0.230. The van der Waals surface area contributed by atoms with Gasteiger partial charge in [0.1, 0.15) is 11.5 Å². The highest BCUT2D eigenvalue weighted by atomic mass is 32.2. The zero-order valence-corrected chi connectivity index (χ0v) is 7.79. The van der Waals surface area contributed by atoms with Crippen molar-refractivity contribution in [2.45, 2.75) is 39.8 Å². The van der Waals surface area contributed by atoms with Crippen molar-refractivity contribution < 1.29 is 4.55 Å². The fourth-order valence-corrected chi connectivity index (χ4v) is 1.39. The van der Waals surface area contributed by atoms with Crippen LogP contribution in [0.15, 0.2) is 0 Å². The Morgan fingerprint density at radius 3 is 1.50 bits per heavy atom. The van der Waals surface area contributed by atoms with Crippen molar-refractivity contribution in [2.24, 2.45) is 0 Å². The van der Waals surface area contributed by atoms with E-state index in [0.29, 0.717) is 0 Å². The molecule has 2 N–H and O–H groups in total. The summed E-state index contributed by atoms with van der Waals surface area (Å²) in [6.07, 6.45) is 0. The maximum atomic E-state index is 11.0. The molecule has 4 heteroatoms. The van der Waals surface area contributed by atoms with Crippen LogP contribution in [0, 0.1) is 0 Å². The molecule has 0 radical (unpaired) electrons. The molecule has 0 saturated heterocycles. The molecule has 0 aliphatic rings. The molecule has 0 spiro atoms. The average Bonchev–Trinajstić information content (AvgIpc) is 1.58. The highest BCUT2D eigenvalue weighted by Crippen LogP contribution is 1.86. The first-order valence-electron chi connectivity index (χ1n) is 3.46. The molecular weight excluding hydrogens is 148 g/mol. The maximum absolute atomic E-state index is 11.0. The molecule has 10 heavy (non-hydrogen) atoms. The Bertz CT molecular complexity index is 77.8. The summed E-state index contributed by atoms with van der Waals surface area (Å²) in [5.74, 6) is 0. The van der Waals surface area contributed by atoms with Crippen molar-refractivity contribution in [1.29, 1.82) is 0 Å². The van der Waals surface area contributed by atoms with Crippen LogP contribution in [-0.2, 0) is 11.5 Å². The molecule has 0 aromatic carbocycles. The van der Waals surface area contributed by atoms with Gasteiger partial charge in [0.15, 0.2) is 0 Å². The van der Waals surface area contributed by atoms with Gasteiger partial charge < -0.3 is 4.55 Å². The normalized spacial score (nSPS) is 12.0. The molecule has 62 valence electrons. The monoisotopic (exact) mass is 164 g/mol. The topological polar surface area (TPSA) is 47.1 Å². The standard InChI is InChI=1S/C6H16N2OS/c1-5(2)7-10(9)8-6(3)4/h5-8H,1-4H3. The van der Waals surface area contributed by atoms with E-state index in [1.807, 2.05) is 27.7 Å². The predicted octanol–water partition coefficient (Wildman–Crippen LogP) is 0.561. The van der Waals surface area contributed by atoms with Gasteiger partial charge in [-0.05, 0) is 27.7 Å². The van der Waals surface area contributed by atoms with Gasteiger partial charge in [-0.15, -0.1) is 9.44 Å². The zero-order chi connectivity index (χ0) is 8.15. The second-order valence-electron chi connectivity index (χ2n) is 2.81. The quantitative estimate of drug-likeness (QED) is 0.597. The molecular formula is C6H16N2OS. The molecule has 0 amide bonds. The van der Waals surface area contributed by atoms with Gasteiger partial charge in [-0.3, -0.25) is 0 Å². The summed E-state index contributed by atoms with van der Waals surface area (Å²) in [5.41, 5.74) is 0. The van der Waals surface area contributed by atoms with E-state index in [1.165, 1.54) is 0 Å². The van der Waals surface area contributed by atoms with Gasteiger partial charge in [-0.1, -0.05) is 0 Å². The Morgan fingerprint density at radius 2 is 1.30 bits per heavy atom. The molecule has 0 aliphatic heterocycles. The van der Waals surface area contributed by atoms with E-state index < -0.39 is 11.5 Å². The second-order valence-corrected chi connectivity index (χ2v) is 3.82. The molecule has 0 heterocycles. The van der Waals surface area contributed by atoms with Crippen molar-refractivity contribution in [3.05, 3.63) is 0 Å². The second kappa shape index (κ2) is 4.96. The Morgan fingerprint density at radius 1 is 1.00 bits per heavy atom. The van der Waals surface area contributed by atoms with E-state index in [4.69, 9.17) is 0 Å². The minimum atomic E-state index is -1.08. The largest absolute Gasteiger partial charge is 0.579 e. The summed E-state index contributed by atoms with van der Waals surface area (Å²) in [5, 5.41) is 0. The molecule has 0 bridgehead atoms. The lowest BCUT2D eigenvalue weighted by atomic mass is 10.4. The van der Waals surface area contributed by atoms with Crippen LogP contribution in [0.2, 0.25) is 0 Å². The molecule has 0 unspecified atom stereocenters. The molecule has 0 aliphatic carbocycles. The maximum Gasteiger partial charge on any atom is 0.135 e. The fourth-order valence-electron chi connectivity index (χ4n) is 0.462. The number of nitrogens with one attached hydrogen (secondary N) is 2. The first kappa shape index (κ1) is 10.2.